The third-order valence-electron chi connectivity index (χ3n) is 4.41. The molecule has 2 bridgehead atoms. The van der Waals surface area contributed by atoms with Crippen LogP contribution in [0.2, 0.25) is 0 Å². The molecule has 120 valence electrons. The molecule has 0 aromatic heterocycles. The number of hydrogen-bond donors (Lipinski definition) is 0. The summed E-state index contributed by atoms with van der Waals surface area (Å²) in [4.78, 5) is 24.1. The maximum atomic E-state index is 12.1. The van der Waals surface area contributed by atoms with E-state index < -0.39 is 5.41 Å². The molecule has 0 aliphatic heterocycles. The minimum Gasteiger partial charge on any atom is -0.462 e. The molecule has 21 heavy (non-hydrogen) atoms. The van der Waals surface area contributed by atoms with Gasteiger partial charge in [-0.1, -0.05) is 0 Å². The van der Waals surface area contributed by atoms with Gasteiger partial charge in [0.15, 0.2) is 6.79 Å². The lowest BCUT2D eigenvalue weighted by molar-refractivity contribution is -0.171. The molecule has 5 nitrogen and oxygen atoms in total. The molecular weight excluding hydrogens is 272 g/mol. The number of carbonyl (C=O) groups is 2. The zero-order valence-electron chi connectivity index (χ0n) is 13.4. The number of fused-ring (bicyclic) bond motifs is 2. The van der Waals surface area contributed by atoms with Crippen LogP contribution in [0.15, 0.2) is 0 Å². The second-order valence-corrected chi connectivity index (χ2v) is 7.11. The summed E-state index contributed by atoms with van der Waals surface area (Å²) in [6.45, 7) is 7.92. The van der Waals surface area contributed by atoms with Crippen LogP contribution in [0.1, 0.15) is 47.0 Å². The van der Waals surface area contributed by atoms with Crippen LogP contribution >= 0.6 is 0 Å². The minimum absolute atomic E-state index is 0.00959. The standard InChI is InChI=1S/C16H26O5/c1-5-19-9-20-14(17)12-7-10-6-11(12)13(8-10)21-15(18)16(2,3)4/h10-13H,5-9H2,1-4H3. The Morgan fingerprint density at radius 3 is 2.43 bits per heavy atom. The molecule has 4 unspecified atom stereocenters. The molecule has 0 spiro atoms. The van der Waals surface area contributed by atoms with Crippen molar-refractivity contribution in [2.45, 2.75) is 53.1 Å². The number of hydrogen-bond acceptors (Lipinski definition) is 5. The Balaban J connectivity index is 1.90. The van der Waals surface area contributed by atoms with E-state index in [2.05, 4.69) is 0 Å². The van der Waals surface area contributed by atoms with Gasteiger partial charge in [-0.05, 0) is 52.9 Å². The SMILES string of the molecule is CCOCOC(=O)C1CC2CC(OC(=O)C(C)(C)C)C1C2. The van der Waals surface area contributed by atoms with Crippen LogP contribution in [-0.2, 0) is 23.8 Å². The first kappa shape index (κ1) is 16.3. The molecule has 0 aromatic rings. The predicted octanol–water partition coefficient (Wildman–Crippen LogP) is 2.53. The first-order valence-corrected chi connectivity index (χ1v) is 7.78. The molecule has 2 fully saturated rings. The Morgan fingerprint density at radius 2 is 1.86 bits per heavy atom. The molecule has 0 saturated heterocycles. The Labute approximate surface area is 126 Å². The number of carbonyl (C=O) groups excluding carboxylic acids is 2. The van der Waals surface area contributed by atoms with Crippen LogP contribution in [0.25, 0.3) is 0 Å². The normalized spacial score (nSPS) is 31.2. The van der Waals surface area contributed by atoms with Crippen LogP contribution in [0.5, 0.6) is 0 Å². The molecule has 2 rings (SSSR count). The number of esters is 2. The Kier molecular flexibility index (Phi) is 4.91. The van der Waals surface area contributed by atoms with E-state index in [1.165, 1.54) is 0 Å². The van der Waals surface area contributed by atoms with E-state index in [4.69, 9.17) is 14.2 Å². The second kappa shape index (κ2) is 6.34. The fourth-order valence-electron chi connectivity index (χ4n) is 3.30. The van der Waals surface area contributed by atoms with Crippen molar-refractivity contribution < 1.29 is 23.8 Å². The van der Waals surface area contributed by atoms with Gasteiger partial charge < -0.3 is 14.2 Å². The molecule has 2 saturated carbocycles. The van der Waals surface area contributed by atoms with Crippen molar-refractivity contribution in [1.82, 2.24) is 0 Å². The van der Waals surface area contributed by atoms with Crippen LogP contribution in [-0.4, -0.2) is 31.4 Å². The largest absolute Gasteiger partial charge is 0.462 e. The zero-order chi connectivity index (χ0) is 15.6. The van der Waals surface area contributed by atoms with Crippen molar-refractivity contribution in [1.29, 1.82) is 0 Å². The average Bonchev–Trinajstić information content (AvgIpc) is 2.97. The minimum atomic E-state index is -0.507. The lowest BCUT2D eigenvalue weighted by Gasteiger charge is -2.30. The highest BCUT2D eigenvalue weighted by Gasteiger charge is 2.51. The van der Waals surface area contributed by atoms with Gasteiger partial charge in [0.1, 0.15) is 6.10 Å². The zero-order valence-corrected chi connectivity index (χ0v) is 13.4. The molecule has 0 amide bonds. The summed E-state index contributed by atoms with van der Waals surface area (Å²) in [5.74, 6) is 0.0174. The van der Waals surface area contributed by atoms with Gasteiger partial charge in [-0.15, -0.1) is 0 Å². The number of rotatable bonds is 5. The van der Waals surface area contributed by atoms with Crippen LogP contribution < -0.4 is 0 Å². The summed E-state index contributed by atoms with van der Waals surface area (Å²) in [6, 6.07) is 0. The molecule has 4 atom stereocenters. The van der Waals surface area contributed by atoms with Gasteiger partial charge in [-0.3, -0.25) is 9.59 Å². The first-order valence-electron chi connectivity index (χ1n) is 7.78. The van der Waals surface area contributed by atoms with Gasteiger partial charge in [0.05, 0.1) is 11.3 Å². The van der Waals surface area contributed by atoms with Gasteiger partial charge in [-0.2, -0.15) is 0 Å². The van der Waals surface area contributed by atoms with Crippen molar-refractivity contribution in [3.05, 3.63) is 0 Å². The second-order valence-electron chi connectivity index (χ2n) is 7.11. The third kappa shape index (κ3) is 3.76. The molecule has 2 aliphatic carbocycles. The van der Waals surface area contributed by atoms with Crippen molar-refractivity contribution in [2.75, 3.05) is 13.4 Å². The summed E-state index contributed by atoms with van der Waals surface area (Å²) in [5, 5.41) is 0. The van der Waals surface area contributed by atoms with E-state index in [-0.39, 0.29) is 36.7 Å². The van der Waals surface area contributed by atoms with Crippen LogP contribution in [0.4, 0.5) is 0 Å². The molecule has 0 radical (unpaired) electrons. The summed E-state index contributed by atoms with van der Waals surface area (Å²) in [7, 11) is 0. The topological polar surface area (TPSA) is 61.8 Å². The highest BCUT2D eigenvalue weighted by molar-refractivity contribution is 5.76. The monoisotopic (exact) mass is 298 g/mol. The van der Waals surface area contributed by atoms with E-state index >= 15 is 0 Å². The molecule has 0 N–H and O–H groups in total. The summed E-state index contributed by atoms with van der Waals surface area (Å²) in [6.07, 6.45) is 2.54. The molecular formula is C16H26O5. The third-order valence-corrected chi connectivity index (χ3v) is 4.41. The Hall–Kier alpha value is -1.10. The Bertz CT molecular complexity index is 398. The van der Waals surface area contributed by atoms with Gasteiger partial charge in [0, 0.05) is 12.5 Å². The van der Waals surface area contributed by atoms with Crippen molar-refractivity contribution in [3.63, 3.8) is 0 Å². The van der Waals surface area contributed by atoms with Gasteiger partial charge in [-0.25, -0.2) is 0 Å². The first-order chi connectivity index (χ1) is 9.82. The van der Waals surface area contributed by atoms with Crippen molar-refractivity contribution in [3.8, 4) is 0 Å². The molecule has 0 aromatic carbocycles. The maximum absolute atomic E-state index is 12.1. The lowest BCUT2D eigenvalue weighted by atomic mass is 9.86. The van der Waals surface area contributed by atoms with E-state index in [0.29, 0.717) is 12.5 Å². The van der Waals surface area contributed by atoms with Crippen LogP contribution in [0, 0.1) is 23.2 Å². The van der Waals surface area contributed by atoms with E-state index in [1.54, 1.807) is 0 Å². The molecule has 2 aliphatic rings. The van der Waals surface area contributed by atoms with Crippen molar-refractivity contribution in [2.24, 2.45) is 23.2 Å². The predicted molar refractivity (Wildman–Crippen MR) is 76.2 cm³/mol. The van der Waals surface area contributed by atoms with Gasteiger partial charge in [0.2, 0.25) is 0 Å². The van der Waals surface area contributed by atoms with E-state index in [0.717, 1.165) is 19.3 Å². The summed E-state index contributed by atoms with van der Waals surface area (Å²) in [5.41, 5.74) is -0.507. The van der Waals surface area contributed by atoms with E-state index in [1.807, 2.05) is 27.7 Å². The lowest BCUT2D eigenvalue weighted by Crippen LogP contribution is -2.37. The molecule has 0 heterocycles. The highest BCUT2D eigenvalue weighted by Crippen LogP contribution is 2.50. The average molecular weight is 298 g/mol. The fourth-order valence-corrected chi connectivity index (χ4v) is 3.30. The fraction of sp³-hybridized carbons (Fsp3) is 0.875. The molecule has 5 heteroatoms. The maximum Gasteiger partial charge on any atom is 0.311 e. The number of ether oxygens (including phenoxy) is 3. The van der Waals surface area contributed by atoms with Crippen LogP contribution in [0.3, 0.4) is 0 Å². The Morgan fingerprint density at radius 1 is 1.14 bits per heavy atom. The summed E-state index contributed by atoms with van der Waals surface area (Å²) >= 11 is 0. The van der Waals surface area contributed by atoms with Crippen molar-refractivity contribution >= 4 is 11.9 Å². The van der Waals surface area contributed by atoms with E-state index in [9.17, 15) is 9.59 Å². The van der Waals surface area contributed by atoms with Gasteiger partial charge in [0.25, 0.3) is 0 Å². The summed E-state index contributed by atoms with van der Waals surface area (Å²) < 4.78 is 15.8. The smallest absolute Gasteiger partial charge is 0.311 e. The van der Waals surface area contributed by atoms with Gasteiger partial charge >= 0.3 is 11.9 Å². The quantitative estimate of drug-likeness (QED) is 0.443. The highest BCUT2D eigenvalue weighted by atomic mass is 16.7.